The Morgan fingerprint density at radius 1 is 1.33 bits per heavy atom. The molecule has 1 heterocycles. The van der Waals surface area contributed by atoms with Gasteiger partial charge in [-0.3, -0.25) is 9.78 Å². The van der Waals surface area contributed by atoms with Crippen LogP contribution in [0.3, 0.4) is 0 Å². The quantitative estimate of drug-likeness (QED) is 0.777. The highest BCUT2D eigenvalue weighted by atomic mass is 16.5. The molecule has 6 nitrogen and oxygen atoms in total. The first-order chi connectivity index (χ1) is 11.6. The maximum Gasteiger partial charge on any atom is 0.241 e. The fourth-order valence-electron chi connectivity index (χ4n) is 2.19. The van der Waals surface area contributed by atoms with Crippen LogP contribution >= 0.6 is 0 Å². The summed E-state index contributed by atoms with van der Waals surface area (Å²) < 4.78 is 11.1. The van der Waals surface area contributed by atoms with E-state index >= 15 is 0 Å². The summed E-state index contributed by atoms with van der Waals surface area (Å²) in [4.78, 5) is 16.1. The Bertz CT molecular complexity index is 662. The average Bonchev–Trinajstić information content (AvgIpc) is 2.61. The molecule has 0 fully saturated rings. The van der Waals surface area contributed by atoms with Crippen molar-refractivity contribution in [1.82, 2.24) is 4.98 Å². The summed E-state index contributed by atoms with van der Waals surface area (Å²) in [5.41, 5.74) is 7.39. The summed E-state index contributed by atoms with van der Waals surface area (Å²) in [6, 6.07) is 8.49. The van der Waals surface area contributed by atoms with Gasteiger partial charge in [0.05, 0.1) is 13.2 Å². The van der Waals surface area contributed by atoms with E-state index < -0.39 is 6.04 Å². The van der Waals surface area contributed by atoms with E-state index in [-0.39, 0.29) is 5.91 Å². The molecular formula is C18H23N3O3. The van der Waals surface area contributed by atoms with E-state index in [4.69, 9.17) is 15.2 Å². The molecule has 0 saturated carbocycles. The second kappa shape index (κ2) is 8.88. The Balaban J connectivity index is 2.08. The van der Waals surface area contributed by atoms with Crippen LogP contribution in [0, 0.1) is 0 Å². The Labute approximate surface area is 142 Å². The lowest BCUT2D eigenvalue weighted by atomic mass is 10.1. The molecule has 0 radical (unpaired) electrons. The topological polar surface area (TPSA) is 86.5 Å². The SMILES string of the molecule is CCCC(N)C(=O)Nc1ccc(OC)c(OCc2cccnc2)c1. The average molecular weight is 329 g/mol. The van der Waals surface area contributed by atoms with Gasteiger partial charge in [0.1, 0.15) is 6.61 Å². The number of ether oxygens (including phenoxy) is 2. The molecule has 1 atom stereocenters. The lowest BCUT2D eigenvalue weighted by Gasteiger charge is -2.14. The Morgan fingerprint density at radius 2 is 2.17 bits per heavy atom. The molecular weight excluding hydrogens is 306 g/mol. The lowest BCUT2D eigenvalue weighted by molar-refractivity contribution is -0.117. The number of nitrogens with one attached hydrogen (secondary N) is 1. The van der Waals surface area contributed by atoms with Gasteiger partial charge in [-0.2, -0.15) is 0 Å². The van der Waals surface area contributed by atoms with Gasteiger partial charge in [-0.05, 0) is 24.6 Å². The maximum absolute atomic E-state index is 12.0. The molecule has 128 valence electrons. The highest BCUT2D eigenvalue weighted by molar-refractivity contribution is 5.94. The molecule has 6 heteroatoms. The van der Waals surface area contributed by atoms with E-state index in [1.807, 2.05) is 19.1 Å². The first-order valence-corrected chi connectivity index (χ1v) is 7.90. The van der Waals surface area contributed by atoms with E-state index in [9.17, 15) is 4.79 Å². The molecule has 1 unspecified atom stereocenters. The highest BCUT2D eigenvalue weighted by Crippen LogP contribution is 2.31. The molecule has 1 amide bonds. The third-order valence-corrected chi connectivity index (χ3v) is 3.48. The van der Waals surface area contributed by atoms with Crippen LogP contribution in [0.5, 0.6) is 11.5 Å². The number of rotatable bonds is 8. The molecule has 0 spiro atoms. The molecule has 0 aliphatic heterocycles. The predicted octanol–water partition coefficient (Wildman–Crippen LogP) is 2.74. The highest BCUT2D eigenvalue weighted by Gasteiger charge is 2.14. The fourth-order valence-corrected chi connectivity index (χ4v) is 2.19. The molecule has 3 N–H and O–H groups in total. The van der Waals surface area contributed by atoms with Gasteiger partial charge in [-0.25, -0.2) is 0 Å². The second-order valence-electron chi connectivity index (χ2n) is 5.40. The first kappa shape index (κ1) is 17.7. The number of carbonyl (C=O) groups excluding carboxylic acids is 1. The van der Waals surface area contributed by atoms with Crippen molar-refractivity contribution in [2.24, 2.45) is 5.73 Å². The van der Waals surface area contributed by atoms with Crippen LogP contribution in [0.2, 0.25) is 0 Å². The minimum atomic E-state index is -0.517. The predicted molar refractivity (Wildman–Crippen MR) is 93.1 cm³/mol. The van der Waals surface area contributed by atoms with Crippen LogP contribution in [-0.4, -0.2) is 24.0 Å². The number of pyridine rings is 1. The second-order valence-corrected chi connectivity index (χ2v) is 5.40. The molecule has 24 heavy (non-hydrogen) atoms. The number of carbonyl (C=O) groups is 1. The fraction of sp³-hybridized carbons (Fsp3) is 0.333. The molecule has 1 aromatic carbocycles. The minimum absolute atomic E-state index is 0.208. The van der Waals surface area contributed by atoms with Crippen molar-refractivity contribution in [3.8, 4) is 11.5 Å². The Morgan fingerprint density at radius 3 is 2.83 bits per heavy atom. The molecule has 0 saturated heterocycles. The number of nitrogens with zero attached hydrogens (tertiary/aromatic N) is 1. The van der Waals surface area contributed by atoms with E-state index in [2.05, 4.69) is 10.3 Å². The van der Waals surface area contributed by atoms with Crippen molar-refractivity contribution in [3.63, 3.8) is 0 Å². The van der Waals surface area contributed by atoms with Gasteiger partial charge in [-0.15, -0.1) is 0 Å². The number of benzene rings is 1. The van der Waals surface area contributed by atoms with Gasteiger partial charge in [0, 0.05) is 29.7 Å². The van der Waals surface area contributed by atoms with Gasteiger partial charge in [-0.1, -0.05) is 19.4 Å². The number of methoxy groups -OCH3 is 1. The summed E-state index contributed by atoms with van der Waals surface area (Å²) >= 11 is 0. The van der Waals surface area contributed by atoms with Gasteiger partial charge in [0.2, 0.25) is 5.91 Å². The number of nitrogens with two attached hydrogens (primary N) is 1. The zero-order chi connectivity index (χ0) is 17.4. The summed E-state index contributed by atoms with van der Waals surface area (Å²) in [5.74, 6) is 0.929. The van der Waals surface area contributed by atoms with Crippen LogP contribution in [0.25, 0.3) is 0 Å². The number of aromatic nitrogens is 1. The number of anilines is 1. The monoisotopic (exact) mass is 329 g/mol. The maximum atomic E-state index is 12.0. The van der Waals surface area contributed by atoms with Crippen molar-refractivity contribution >= 4 is 11.6 Å². The van der Waals surface area contributed by atoms with Gasteiger partial charge in [0.15, 0.2) is 11.5 Å². The molecule has 2 aromatic rings. The molecule has 0 aliphatic carbocycles. The Hall–Kier alpha value is -2.60. The van der Waals surface area contributed by atoms with Crippen molar-refractivity contribution in [2.75, 3.05) is 12.4 Å². The number of hydrogen-bond donors (Lipinski definition) is 2. The molecule has 0 aliphatic rings. The normalized spacial score (nSPS) is 11.6. The minimum Gasteiger partial charge on any atom is -0.493 e. The van der Waals surface area contributed by atoms with Gasteiger partial charge < -0.3 is 20.5 Å². The summed E-state index contributed by atoms with van der Waals surface area (Å²) in [5, 5.41) is 2.80. The van der Waals surface area contributed by atoms with E-state index in [0.717, 1.165) is 12.0 Å². The first-order valence-electron chi connectivity index (χ1n) is 7.90. The van der Waals surface area contributed by atoms with Gasteiger partial charge >= 0.3 is 0 Å². The summed E-state index contributed by atoms with van der Waals surface area (Å²) in [6.07, 6.45) is 4.95. The van der Waals surface area contributed by atoms with Crippen LogP contribution < -0.4 is 20.5 Å². The van der Waals surface area contributed by atoms with E-state index in [1.54, 1.807) is 37.7 Å². The standard InChI is InChI=1S/C18H23N3O3/c1-3-5-15(19)18(22)21-14-7-8-16(23-2)17(10-14)24-12-13-6-4-9-20-11-13/h4,6-11,15H,3,5,12,19H2,1-2H3,(H,21,22). The van der Waals surface area contributed by atoms with Crippen LogP contribution in [0.1, 0.15) is 25.3 Å². The van der Waals surface area contributed by atoms with E-state index in [0.29, 0.717) is 30.2 Å². The van der Waals surface area contributed by atoms with Crippen LogP contribution in [0.15, 0.2) is 42.7 Å². The number of hydrogen-bond acceptors (Lipinski definition) is 5. The zero-order valence-corrected chi connectivity index (χ0v) is 14.0. The van der Waals surface area contributed by atoms with Crippen LogP contribution in [0.4, 0.5) is 5.69 Å². The molecule has 2 rings (SSSR count). The molecule has 0 bridgehead atoms. The van der Waals surface area contributed by atoms with Crippen LogP contribution in [-0.2, 0) is 11.4 Å². The van der Waals surface area contributed by atoms with Gasteiger partial charge in [0.25, 0.3) is 0 Å². The lowest BCUT2D eigenvalue weighted by Crippen LogP contribution is -2.35. The Kier molecular flexibility index (Phi) is 6.57. The third-order valence-electron chi connectivity index (χ3n) is 3.48. The van der Waals surface area contributed by atoms with Crippen molar-refractivity contribution in [2.45, 2.75) is 32.4 Å². The number of amides is 1. The smallest absolute Gasteiger partial charge is 0.241 e. The molecule has 1 aromatic heterocycles. The van der Waals surface area contributed by atoms with Crippen molar-refractivity contribution in [3.05, 3.63) is 48.3 Å². The van der Waals surface area contributed by atoms with Crippen molar-refractivity contribution in [1.29, 1.82) is 0 Å². The van der Waals surface area contributed by atoms with Crippen molar-refractivity contribution < 1.29 is 14.3 Å². The largest absolute Gasteiger partial charge is 0.493 e. The zero-order valence-electron chi connectivity index (χ0n) is 14.0. The van der Waals surface area contributed by atoms with E-state index in [1.165, 1.54) is 0 Å². The summed E-state index contributed by atoms with van der Waals surface area (Å²) in [6.45, 7) is 2.35. The third kappa shape index (κ3) is 4.96. The summed E-state index contributed by atoms with van der Waals surface area (Å²) in [7, 11) is 1.57.